The second kappa shape index (κ2) is 13.2. The molecule has 1 aliphatic heterocycles. The fourth-order valence-corrected chi connectivity index (χ4v) is 4.51. The summed E-state index contributed by atoms with van der Waals surface area (Å²) in [4.78, 5) is 2.36. The normalized spacial score (nSPS) is 14.8. The van der Waals surface area contributed by atoms with Gasteiger partial charge in [-0.05, 0) is 53.8 Å². The second-order valence-corrected chi connectivity index (χ2v) is 8.56. The Bertz CT molecular complexity index is 1070. The molecule has 0 bridgehead atoms. The van der Waals surface area contributed by atoms with Crippen molar-refractivity contribution in [3.8, 4) is 11.5 Å². The SMILES string of the molecule is Cc1cc([C@@H](c2ccc(OC(F)(F)F)cc2)N2CCNCC2)cc(C)c1OCc1ccccc1.Cl.Cl. The zero-order valence-corrected chi connectivity index (χ0v) is 21.8. The third kappa shape index (κ3) is 7.77. The molecule has 1 heterocycles. The summed E-state index contributed by atoms with van der Waals surface area (Å²) < 4.78 is 48.0. The van der Waals surface area contributed by atoms with Gasteiger partial charge < -0.3 is 14.8 Å². The zero-order valence-electron chi connectivity index (χ0n) is 20.2. The van der Waals surface area contributed by atoms with Crippen molar-refractivity contribution in [3.63, 3.8) is 0 Å². The fourth-order valence-electron chi connectivity index (χ4n) is 4.51. The molecular formula is C27H31Cl2F3N2O2. The van der Waals surface area contributed by atoms with Gasteiger partial charge in [0.2, 0.25) is 0 Å². The van der Waals surface area contributed by atoms with Gasteiger partial charge in [0.25, 0.3) is 0 Å². The standard InChI is InChI=1S/C27H29F3N2O2.2ClH/c1-19-16-23(17-20(2)26(19)33-18-21-6-4-3-5-7-21)25(32-14-12-31-13-15-32)22-8-10-24(11-9-22)34-27(28,29)30;;/h3-11,16-17,25,31H,12-15,18H2,1-2H3;2*1H/t25-;;/m1../s1. The van der Waals surface area contributed by atoms with Gasteiger partial charge in [0, 0.05) is 26.2 Å². The number of aryl methyl sites for hydroxylation is 2. The molecule has 1 saturated heterocycles. The van der Waals surface area contributed by atoms with Crippen LogP contribution in [0, 0.1) is 13.8 Å². The lowest BCUT2D eigenvalue weighted by atomic mass is 9.93. The van der Waals surface area contributed by atoms with E-state index in [1.165, 1.54) is 12.1 Å². The van der Waals surface area contributed by atoms with Crippen LogP contribution in [0.5, 0.6) is 11.5 Å². The second-order valence-electron chi connectivity index (χ2n) is 8.56. The summed E-state index contributed by atoms with van der Waals surface area (Å²) in [5.41, 5.74) is 5.18. The molecule has 1 N–H and O–H groups in total. The molecule has 0 unspecified atom stereocenters. The Hall–Kier alpha value is -2.45. The van der Waals surface area contributed by atoms with Crippen molar-refractivity contribution in [3.05, 3.63) is 94.5 Å². The van der Waals surface area contributed by atoms with Gasteiger partial charge in [-0.2, -0.15) is 0 Å². The summed E-state index contributed by atoms with van der Waals surface area (Å²) >= 11 is 0. The molecule has 1 aliphatic rings. The molecular weight excluding hydrogens is 512 g/mol. The first-order valence-corrected chi connectivity index (χ1v) is 11.4. The number of nitrogens with zero attached hydrogens (tertiary/aromatic N) is 1. The third-order valence-electron chi connectivity index (χ3n) is 5.97. The highest BCUT2D eigenvalue weighted by Crippen LogP contribution is 2.35. The van der Waals surface area contributed by atoms with E-state index in [-0.39, 0.29) is 36.6 Å². The molecule has 3 aromatic rings. The van der Waals surface area contributed by atoms with Gasteiger partial charge >= 0.3 is 6.36 Å². The molecule has 0 radical (unpaired) electrons. The lowest BCUT2D eigenvalue weighted by molar-refractivity contribution is -0.274. The molecule has 1 atom stereocenters. The van der Waals surface area contributed by atoms with Gasteiger partial charge in [0.1, 0.15) is 18.1 Å². The molecule has 0 aliphatic carbocycles. The van der Waals surface area contributed by atoms with Crippen molar-refractivity contribution in [1.82, 2.24) is 10.2 Å². The largest absolute Gasteiger partial charge is 0.573 e. The molecule has 0 amide bonds. The summed E-state index contributed by atoms with van der Waals surface area (Å²) in [6.45, 7) is 7.97. The average Bonchev–Trinajstić information content (AvgIpc) is 2.80. The van der Waals surface area contributed by atoms with Gasteiger partial charge in [-0.3, -0.25) is 4.90 Å². The summed E-state index contributed by atoms with van der Waals surface area (Å²) in [6, 6.07) is 20.4. The Morgan fingerprint density at radius 2 is 1.44 bits per heavy atom. The van der Waals surface area contributed by atoms with Gasteiger partial charge in [-0.15, -0.1) is 38.0 Å². The highest BCUT2D eigenvalue weighted by Gasteiger charge is 2.31. The van der Waals surface area contributed by atoms with Crippen molar-refractivity contribution in [2.45, 2.75) is 32.9 Å². The first-order valence-electron chi connectivity index (χ1n) is 11.4. The van der Waals surface area contributed by atoms with E-state index in [1.54, 1.807) is 12.1 Å². The Kier molecular flexibility index (Phi) is 10.9. The van der Waals surface area contributed by atoms with Crippen LogP contribution in [0.1, 0.15) is 33.9 Å². The van der Waals surface area contributed by atoms with E-state index in [4.69, 9.17) is 4.74 Å². The Balaban J connectivity index is 0.00000228. The average molecular weight is 543 g/mol. The van der Waals surface area contributed by atoms with Crippen LogP contribution < -0.4 is 14.8 Å². The van der Waals surface area contributed by atoms with Gasteiger partial charge in [-0.25, -0.2) is 0 Å². The number of halogens is 5. The summed E-state index contributed by atoms with van der Waals surface area (Å²) in [7, 11) is 0. The zero-order chi connectivity index (χ0) is 24.1. The summed E-state index contributed by atoms with van der Waals surface area (Å²) in [5, 5.41) is 3.36. The minimum Gasteiger partial charge on any atom is -0.488 e. The minimum absolute atomic E-state index is 0. The number of nitrogens with one attached hydrogen (secondary N) is 1. The van der Waals surface area contributed by atoms with E-state index < -0.39 is 6.36 Å². The topological polar surface area (TPSA) is 33.7 Å². The Labute approximate surface area is 222 Å². The smallest absolute Gasteiger partial charge is 0.488 e. The molecule has 0 saturated carbocycles. The van der Waals surface area contributed by atoms with E-state index in [1.807, 2.05) is 44.2 Å². The van der Waals surface area contributed by atoms with Crippen molar-refractivity contribution in [2.24, 2.45) is 0 Å². The number of rotatable bonds is 7. The Morgan fingerprint density at radius 1 is 0.861 bits per heavy atom. The van der Waals surface area contributed by atoms with Gasteiger partial charge in [0.15, 0.2) is 0 Å². The van der Waals surface area contributed by atoms with E-state index in [9.17, 15) is 13.2 Å². The maximum absolute atomic E-state index is 12.6. The first-order chi connectivity index (χ1) is 16.3. The van der Waals surface area contributed by atoms with Gasteiger partial charge in [0.05, 0.1) is 6.04 Å². The van der Waals surface area contributed by atoms with Crippen molar-refractivity contribution < 1.29 is 22.6 Å². The molecule has 0 aromatic heterocycles. The lowest BCUT2D eigenvalue weighted by Gasteiger charge is -2.36. The molecule has 196 valence electrons. The number of hydrogen-bond acceptors (Lipinski definition) is 4. The number of alkyl halides is 3. The highest BCUT2D eigenvalue weighted by atomic mass is 35.5. The van der Waals surface area contributed by atoms with Crippen LogP contribution in [0.15, 0.2) is 66.7 Å². The summed E-state index contributed by atoms with van der Waals surface area (Å²) in [5.74, 6) is 0.646. The fraction of sp³-hybridized carbons (Fsp3) is 0.333. The maximum Gasteiger partial charge on any atom is 0.573 e. The van der Waals surface area contributed by atoms with Crippen molar-refractivity contribution >= 4 is 24.8 Å². The van der Waals surface area contributed by atoms with Crippen molar-refractivity contribution in [2.75, 3.05) is 26.2 Å². The molecule has 36 heavy (non-hydrogen) atoms. The lowest BCUT2D eigenvalue weighted by Crippen LogP contribution is -2.45. The number of hydrogen-bond donors (Lipinski definition) is 1. The van der Waals surface area contributed by atoms with Crippen LogP contribution in [-0.2, 0) is 6.61 Å². The van der Waals surface area contributed by atoms with Crippen LogP contribution in [0.4, 0.5) is 13.2 Å². The van der Waals surface area contributed by atoms with Crippen LogP contribution in [0.2, 0.25) is 0 Å². The quantitative estimate of drug-likeness (QED) is 0.363. The van der Waals surface area contributed by atoms with Crippen LogP contribution in [-0.4, -0.2) is 37.4 Å². The van der Waals surface area contributed by atoms with E-state index in [2.05, 4.69) is 27.1 Å². The minimum atomic E-state index is -4.71. The predicted molar refractivity (Wildman–Crippen MR) is 141 cm³/mol. The molecule has 0 spiro atoms. The maximum atomic E-state index is 12.6. The molecule has 1 fully saturated rings. The Morgan fingerprint density at radius 3 is 2.00 bits per heavy atom. The predicted octanol–water partition coefficient (Wildman–Crippen LogP) is 6.62. The van der Waals surface area contributed by atoms with Crippen LogP contribution >= 0.6 is 24.8 Å². The molecule has 4 nitrogen and oxygen atoms in total. The van der Waals surface area contributed by atoms with Crippen LogP contribution in [0.3, 0.4) is 0 Å². The van der Waals surface area contributed by atoms with E-state index >= 15 is 0 Å². The highest BCUT2D eigenvalue weighted by molar-refractivity contribution is 5.85. The number of piperazine rings is 1. The van der Waals surface area contributed by atoms with Gasteiger partial charge in [-0.1, -0.05) is 54.6 Å². The van der Waals surface area contributed by atoms with Crippen molar-refractivity contribution in [1.29, 1.82) is 0 Å². The van der Waals surface area contributed by atoms with E-state index in [0.29, 0.717) is 6.61 Å². The summed E-state index contributed by atoms with van der Waals surface area (Å²) in [6.07, 6.45) is -4.71. The van der Waals surface area contributed by atoms with E-state index in [0.717, 1.165) is 59.7 Å². The number of benzene rings is 3. The molecule has 3 aromatic carbocycles. The molecule has 4 rings (SSSR count). The third-order valence-corrected chi connectivity index (χ3v) is 5.97. The first kappa shape index (κ1) is 29.8. The van der Waals surface area contributed by atoms with Crippen LogP contribution in [0.25, 0.3) is 0 Å². The number of ether oxygens (including phenoxy) is 2. The monoisotopic (exact) mass is 542 g/mol. The molecule has 9 heteroatoms.